The van der Waals surface area contributed by atoms with Crippen LogP contribution in [0.2, 0.25) is 0 Å². The molecule has 1 fully saturated rings. The Morgan fingerprint density at radius 3 is 2.75 bits per heavy atom. The number of rotatable bonds is 5. The van der Waals surface area contributed by atoms with Crippen LogP contribution in [0.4, 0.5) is 0 Å². The minimum atomic E-state index is -0.705. The molecule has 1 aromatic carbocycles. The van der Waals surface area contributed by atoms with E-state index in [0.29, 0.717) is 44.7 Å². The number of oxime groups is 1. The van der Waals surface area contributed by atoms with Gasteiger partial charge in [0, 0.05) is 44.7 Å². The van der Waals surface area contributed by atoms with E-state index in [2.05, 4.69) is 10.5 Å². The molecule has 0 atom stereocenters. The maximum absolute atomic E-state index is 10.3. The van der Waals surface area contributed by atoms with Crippen molar-refractivity contribution in [2.75, 3.05) is 19.8 Å². The molecule has 0 spiro atoms. The van der Waals surface area contributed by atoms with Gasteiger partial charge >= 0.3 is 0 Å². The topological polar surface area (TPSA) is 100 Å². The van der Waals surface area contributed by atoms with E-state index >= 15 is 0 Å². The van der Waals surface area contributed by atoms with E-state index in [1.165, 1.54) is 0 Å². The lowest BCUT2D eigenvalue weighted by molar-refractivity contribution is -0.0617. The summed E-state index contributed by atoms with van der Waals surface area (Å²) in [5.74, 6) is 0.0900. The van der Waals surface area contributed by atoms with Gasteiger partial charge in [-0.25, -0.2) is 0 Å². The zero-order chi connectivity index (χ0) is 14.4. The summed E-state index contributed by atoms with van der Waals surface area (Å²) in [5.41, 5.74) is 6.56. The predicted octanol–water partition coefficient (Wildman–Crippen LogP) is 0.412. The fourth-order valence-electron chi connectivity index (χ4n) is 2.34. The third-order valence-electron chi connectivity index (χ3n) is 3.59. The number of nitrogens with one attached hydrogen (secondary N) is 1. The van der Waals surface area contributed by atoms with Crippen molar-refractivity contribution in [3.63, 3.8) is 0 Å². The number of nitrogens with two attached hydrogens (primary N) is 1. The molecule has 0 aromatic heterocycles. The van der Waals surface area contributed by atoms with E-state index in [-0.39, 0.29) is 5.84 Å². The molecule has 0 saturated carbocycles. The molecule has 0 amide bonds. The maximum atomic E-state index is 10.3. The minimum absolute atomic E-state index is 0.0900. The Kier molecular flexibility index (Phi) is 4.94. The van der Waals surface area contributed by atoms with Crippen molar-refractivity contribution in [3.05, 3.63) is 35.4 Å². The van der Waals surface area contributed by atoms with Crippen LogP contribution in [0, 0.1) is 0 Å². The lowest BCUT2D eigenvalue weighted by atomic mass is 9.94. The standard InChI is InChI=1S/C14H21N3O3/c15-13(17-19)12-4-2-1-3-11(12)9-16-10-14(18)5-7-20-8-6-14/h1-4,16,18-19H,5-10H2,(H2,15,17). The first kappa shape index (κ1) is 14.8. The van der Waals surface area contributed by atoms with Gasteiger partial charge in [-0.15, -0.1) is 0 Å². The second-order valence-electron chi connectivity index (χ2n) is 5.08. The average molecular weight is 279 g/mol. The first-order chi connectivity index (χ1) is 9.64. The number of nitrogens with zero attached hydrogens (tertiary/aromatic N) is 1. The van der Waals surface area contributed by atoms with Gasteiger partial charge in [0.05, 0.1) is 5.60 Å². The second-order valence-corrected chi connectivity index (χ2v) is 5.08. The summed E-state index contributed by atoms with van der Waals surface area (Å²) in [5, 5.41) is 25.4. The van der Waals surface area contributed by atoms with Gasteiger partial charge in [-0.1, -0.05) is 29.4 Å². The van der Waals surface area contributed by atoms with Crippen LogP contribution in [0.15, 0.2) is 29.4 Å². The number of aliphatic hydroxyl groups is 1. The molecule has 0 unspecified atom stereocenters. The van der Waals surface area contributed by atoms with Crippen molar-refractivity contribution < 1.29 is 15.1 Å². The van der Waals surface area contributed by atoms with Gasteiger partial charge in [0.2, 0.25) is 0 Å². The molecule has 1 saturated heterocycles. The highest BCUT2D eigenvalue weighted by Gasteiger charge is 2.29. The summed E-state index contributed by atoms with van der Waals surface area (Å²) in [6.07, 6.45) is 1.28. The molecule has 1 heterocycles. The number of hydrogen-bond acceptors (Lipinski definition) is 5. The van der Waals surface area contributed by atoms with Crippen LogP contribution in [0.3, 0.4) is 0 Å². The monoisotopic (exact) mass is 279 g/mol. The van der Waals surface area contributed by atoms with Crippen molar-refractivity contribution >= 4 is 5.84 Å². The Morgan fingerprint density at radius 2 is 2.05 bits per heavy atom. The molecule has 0 bridgehead atoms. The lowest BCUT2D eigenvalue weighted by Crippen LogP contribution is -2.44. The van der Waals surface area contributed by atoms with Crippen LogP contribution in [0.1, 0.15) is 24.0 Å². The summed E-state index contributed by atoms with van der Waals surface area (Å²) in [7, 11) is 0. The number of amidine groups is 1. The van der Waals surface area contributed by atoms with Gasteiger partial charge < -0.3 is 26.1 Å². The summed E-state index contributed by atoms with van der Waals surface area (Å²) in [6.45, 7) is 2.24. The second kappa shape index (κ2) is 6.69. The van der Waals surface area contributed by atoms with Crippen LogP contribution in [-0.2, 0) is 11.3 Å². The average Bonchev–Trinajstić information content (AvgIpc) is 2.47. The van der Waals surface area contributed by atoms with Gasteiger partial charge in [0.15, 0.2) is 5.84 Å². The van der Waals surface area contributed by atoms with Gasteiger partial charge in [0.25, 0.3) is 0 Å². The summed E-state index contributed by atoms with van der Waals surface area (Å²) >= 11 is 0. The Morgan fingerprint density at radius 1 is 1.35 bits per heavy atom. The molecule has 20 heavy (non-hydrogen) atoms. The third kappa shape index (κ3) is 3.69. The van der Waals surface area contributed by atoms with Crippen molar-refractivity contribution in [2.45, 2.75) is 25.0 Å². The fraction of sp³-hybridized carbons (Fsp3) is 0.500. The SMILES string of the molecule is N/C(=N/O)c1ccccc1CNCC1(O)CCOCC1. The normalized spacial score (nSPS) is 18.9. The zero-order valence-corrected chi connectivity index (χ0v) is 11.4. The molecule has 1 aliphatic rings. The molecule has 0 aliphatic carbocycles. The largest absolute Gasteiger partial charge is 0.409 e. The van der Waals surface area contributed by atoms with E-state index < -0.39 is 5.60 Å². The summed E-state index contributed by atoms with van der Waals surface area (Å²) in [4.78, 5) is 0. The maximum Gasteiger partial charge on any atom is 0.170 e. The first-order valence-electron chi connectivity index (χ1n) is 6.71. The molecule has 6 heteroatoms. The quantitative estimate of drug-likeness (QED) is 0.271. The Hall–Kier alpha value is -1.63. The van der Waals surface area contributed by atoms with Crippen molar-refractivity contribution in [2.24, 2.45) is 10.9 Å². The lowest BCUT2D eigenvalue weighted by Gasteiger charge is -2.32. The fourth-order valence-corrected chi connectivity index (χ4v) is 2.34. The predicted molar refractivity (Wildman–Crippen MR) is 75.7 cm³/mol. The summed E-state index contributed by atoms with van der Waals surface area (Å²) in [6, 6.07) is 7.45. The number of benzene rings is 1. The van der Waals surface area contributed by atoms with E-state index in [1.54, 1.807) is 6.07 Å². The highest BCUT2D eigenvalue weighted by atomic mass is 16.5. The van der Waals surface area contributed by atoms with Crippen molar-refractivity contribution in [3.8, 4) is 0 Å². The van der Waals surface area contributed by atoms with Gasteiger partial charge in [0.1, 0.15) is 0 Å². The molecule has 0 radical (unpaired) electrons. The van der Waals surface area contributed by atoms with Gasteiger partial charge in [-0.3, -0.25) is 0 Å². The van der Waals surface area contributed by atoms with Crippen LogP contribution in [0.25, 0.3) is 0 Å². The smallest absolute Gasteiger partial charge is 0.170 e. The van der Waals surface area contributed by atoms with Crippen molar-refractivity contribution in [1.82, 2.24) is 5.32 Å². The molecular formula is C14H21N3O3. The zero-order valence-electron chi connectivity index (χ0n) is 11.4. The van der Waals surface area contributed by atoms with Crippen LogP contribution < -0.4 is 11.1 Å². The van der Waals surface area contributed by atoms with Crippen LogP contribution in [0.5, 0.6) is 0 Å². The Balaban J connectivity index is 1.94. The van der Waals surface area contributed by atoms with Gasteiger partial charge in [-0.05, 0) is 5.56 Å². The Labute approximate surface area is 118 Å². The van der Waals surface area contributed by atoms with E-state index in [1.807, 2.05) is 18.2 Å². The molecule has 110 valence electrons. The van der Waals surface area contributed by atoms with E-state index in [9.17, 15) is 5.11 Å². The molecule has 1 aliphatic heterocycles. The van der Waals surface area contributed by atoms with E-state index in [0.717, 1.165) is 5.56 Å². The number of hydrogen-bond donors (Lipinski definition) is 4. The number of ether oxygens (including phenoxy) is 1. The molecule has 5 N–H and O–H groups in total. The molecule has 1 aromatic rings. The van der Waals surface area contributed by atoms with Gasteiger partial charge in [-0.2, -0.15) is 0 Å². The van der Waals surface area contributed by atoms with Crippen LogP contribution >= 0.6 is 0 Å². The molecule has 2 rings (SSSR count). The summed E-state index contributed by atoms with van der Waals surface area (Å²) < 4.78 is 5.25. The first-order valence-corrected chi connectivity index (χ1v) is 6.71. The Bertz CT molecular complexity index is 470. The highest BCUT2D eigenvalue weighted by molar-refractivity contribution is 5.98. The van der Waals surface area contributed by atoms with Crippen molar-refractivity contribution in [1.29, 1.82) is 0 Å². The highest BCUT2D eigenvalue weighted by Crippen LogP contribution is 2.19. The minimum Gasteiger partial charge on any atom is -0.409 e. The van der Waals surface area contributed by atoms with Crippen LogP contribution in [-0.4, -0.2) is 41.5 Å². The molecule has 6 nitrogen and oxygen atoms in total. The molecular weight excluding hydrogens is 258 g/mol. The third-order valence-corrected chi connectivity index (χ3v) is 3.59. The van der Waals surface area contributed by atoms with E-state index in [4.69, 9.17) is 15.7 Å².